The Balaban J connectivity index is 1.98. The lowest BCUT2D eigenvalue weighted by atomic mass is 10.1. The maximum absolute atomic E-state index is 5.92. The molecule has 31 heavy (non-hydrogen) atoms. The van der Waals surface area contributed by atoms with Crippen LogP contribution in [0, 0.1) is 0 Å². The van der Waals surface area contributed by atoms with Crippen LogP contribution in [0.5, 0.6) is 0 Å². The molecular formula is C21H44N6O3Si. The molecule has 0 aliphatic carbocycles. The minimum Gasteiger partial charge on any atom is -0.374 e. The van der Waals surface area contributed by atoms with Crippen molar-refractivity contribution >= 4 is 26.6 Å². The SMILES string of the molecule is CCO[Si](CCCCCCCCCCCCNc1nc(N)nc(N)n1)(OCC)OCC. The highest BCUT2D eigenvalue weighted by Crippen LogP contribution is 2.21. The van der Waals surface area contributed by atoms with Crippen molar-refractivity contribution in [2.45, 2.75) is 91.0 Å². The Morgan fingerprint density at radius 3 is 1.52 bits per heavy atom. The van der Waals surface area contributed by atoms with Gasteiger partial charge in [-0.3, -0.25) is 0 Å². The van der Waals surface area contributed by atoms with Crippen LogP contribution in [-0.2, 0) is 13.3 Å². The molecule has 1 heterocycles. The van der Waals surface area contributed by atoms with Crippen molar-refractivity contribution in [2.75, 3.05) is 43.1 Å². The van der Waals surface area contributed by atoms with E-state index in [0.717, 1.165) is 25.4 Å². The van der Waals surface area contributed by atoms with Gasteiger partial charge in [0.2, 0.25) is 17.8 Å². The summed E-state index contributed by atoms with van der Waals surface area (Å²) in [7, 11) is -2.45. The molecule has 0 amide bonds. The van der Waals surface area contributed by atoms with Gasteiger partial charge >= 0.3 is 8.80 Å². The molecule has 1 rings (SSSR count). The molecule has 0 unspecified atom stereocenters. The zero-order valence-corrected chi connectivity index (χ0v) is 20.8. The summed E-state index contributed by atoms with van der Waals surface area (Å²) in [5.74, 6) is 0.747. The van der Waals surface area contributed by atoms with Crippen LogP contribution in [0.2, 0.25) is 6.04 Å². The highest BCUT2D eigenvalue weighted by atomic mass is 28.4. The number of anilines is 3. The molecule has 10 heteroatoms. The third-order valence-corrected chi connectivity index (χ3v) is 8.11. The molecule has 0 aliphatic heterocycles. The lowest BCUT2D eigenvalue weighted by Crippen LogP contribution is -2.45. The van der Waals surface area contributed by atoms with Gasteiger partial charge in [-0.2, -0.15) is 15.0 Å². The molecule has 0 saturated heterocycles. The number of aromatic nitrogens is 3. The molecule has 0 spiro atoms. The van der Waals surface area contributed by atoms with Crippen LogP contribution < -0.4 is 16.8 Å². The molecule has 0 aromatic carbocycles. The van der Waals surface area contributed by atoms with E-state index in [4.69, 9.17) is 24.7 Å². The largest absolute Gasteiger partial charge is 0.500 e. The first-order chi connectivity index (χ1) is 15.0. The van der Waals surface area contributed by atoms with Crippen LogP contribution in [-0.4, -0.2) is 50.1 Å². The Morgan fingerprint density at radius 1 is 0.645 bits per heavy atom. The topological polar surface area (TPSA) is 130 Å². The summed E-state index contributed by atoms with van der Waals surface area (Å²) in [4.78, 5) is 11.8. The zero-order chi connectivity index (χ0) is 22.8. The molecule has 0 saturated carbocycles. The van der Waals surface area contributed by atoms with Crippen LogP contribution in [0.25, 0.3) is 0 Å². The second kappa shape index (κ2) is 17.1. The second-order valence-electron chi connectivity index (χ2n) is 7.57. The van der Waals surface area contributed by atoms with E-state index in [1.165, 1.54) is 51.4 Å². The molecule has 9 nitrogen and oxygen atoms in total. The van der Waals surface area contributed by atoms with Crippen molar-refractivity contribution in [2.24, 2.45) is 0 Å². The third kappa shape index (κ3) is 12.8. The third-order valence-electron chi connectivity index (χ3n) is 4.96. The summed E-state index contributed by atoms with van der Waals surface area (Å²) < 4.78 is 17.7. The van der Waals surface area contributed by atoms with Crippen molar-refractivity contribution in [3.05, 3.63) is 0 Å². The molecule has 180 valence electrons. The van der Waals surface area contributed by atoms with Gasteiger partial charge in [0.25, 0.3) is 0 Å². The number of hydrogen-bond acceptors (Lipinski definition) is 9. The standard InChI is InChI=1S/C21H44N6O3Si/c1-4-28-31(29-5-2,30-6-3)18-16-14-12-10-8-7-9-11-13-15-17-24-21-26-19(22)25-20(23)27-21/h4-18H2,1-3H3,(H5,22,23,24,25,26,27). The van der Waals surface area contributed by atoms with E-state index in [1.54, 1.807) is 0 Å². The number of nitrogen functional groups attached to an aromatic ring is 2. The van der Waals surface area contributed by atoms with E-state index in [1.807, 2.05) is 20.8 Å². The number of hydrogen-bond donors (Lipinski definition) is 3. The van der Waals surface area contributed by atoms with Crippen LogP contribution >= 0.6 is 0 Å². The first-order valence-corrected chi connectivity index (χ1v) is 13.9. The Labute approximate surface area is 189 Å². The van der Waals surface area contributed by atoms with Gasteiger partial charge in [-0.15, -0.1) is 0 Å². The van der Waals surface area contributed by atoms with Gasteiger partial charge in [-0.25, -0.2) is 0 Å². The number of rotatable bonds is 20. The number of nitrogens with two attached hydrogens (primary N) is 2. The fraction of sp³-hybridized carbons (Fsp3) is 0.857. The molecule has 0 fully saturated rings. The highest BCUT2D eigenvalue weighted by Gasteiger charge is 2.39. The minimum absolute atomic E-state index is 0.147. The summed E-state index contributed by atoms with van der Waals surface area (Å²) in [6, 6.07) is 0.931. The summed E-state index contributed by atoms with van der Waals surface area (Å²) in [6.45, 7) is 8.82. The van der Waals surface area contributed by atoms with E-state index >= 15 is 0 Å². The first-order valence-electron chi connectivity index (χ1n) is 12.0. The van der Waals surface area contributed by atoms with Gasteiger partial charge in [0.05, 0.1) is 0 Å². The fourth-order valence-electron chi connectivity index (χ4n) is 3.57. The van der Waals surface area contributed by atoms with Crippen LogP contribution in [0.4, 0.5) is 17.8 Å². The second-order valence-corrected chi connectivity index (χ2v) is 10.3. The maximum Gasteiger partial charge on any atom is 0.500 e. The van der Waals surface area contributed by atoms with Crippen LogP contribution in [0.1, 0.15) is 85.0 Å². The van der Waals surface area contributed by atoms with Crippen molar-refractivity contribution < 1.29 is 13.3 Å². The van der Waals surface area contributed by atoms with Crippen molar-refractivity contribution in [1.29, 1.82) is 0 Å². The number of unbranched alkanes of at least 4 members (excludes halogenated alkanes) is 9. The molecular weight excluding hydrogens is 412 g/mol. The quantitative estimate of drug-likeness (QED) is 0.193. The molecule has 0 aliphatic rings. The molecule has 1 aromatic rings. The normalized spacial score (nSPS) is 11.7. The van der Waals surface area contributed by atoms with E-state index in [0.29, 0.717) is 25.8 Å². The predicted octanol–water partition coefficient (Wildman–Crippen LogP) is 4.40. The molecule has 5 N–H and O–H groups in total. The smallest absolute Gasteiger partial charge is 0.374 e. The minimum atomic E-state index is -2.45. The zero-order valence-electron chi connectivity index (χ0n) is 19.8. The average Bonchev–Trinajstić information content (AvgIpc) is 2.71. The Kier molecular flexibility index (Phi) is 15.2. The Bertz CT molecular complexity index is 545. The van der Waals surface area contributed by atoms with E-state index in [-0.39, 0.29) is 11.9 Å². The average molecular weight is 457 g/mol. The van der Waals surface area contributed by atoms with Crippen molar-refractivity contribution in [3.8, 4) is 0 Å². The first kappa shape index (κ1) is 27.5. The monoisotopic (exact) mass is 456 g/mol. The van der Waals surface area contributed by atoms with Gasteiger partial charge in [-0.1, -0.05) is 51.4 Å². The number of nitrogens with zero attached hydrogens (tertiary/aromatic N) is 3. The summed E-state index contributed by atoms with van der Waals surface area (Å²) in [5, 5.41) is 3.15. The lowest BCUT2D eigenvalue weighted by Gasteiger charge is -2.28. The van der Waals surface area contributed by atoms with E-state index < -0.39 is 8.80 Å². The Hall–Kier alpha value is -1.49. The fourth-order valence-corrected chi connectivity index (χ4v) is 6.26. The van der Waals surface area contributed by atoms with Gasteiger partial charge in [-0.05, 0) is 33.6 Å². The Morgan fingerprint density at radius 2 is 1.06 bits per heavy atom. The predicted molar refractivity (Wildman–Crippen MR) is 129 cm³/mol. The number of nitrogens with one attached hydrogen (secondary N) is 1. The lowest BCUT2D eigenvalue weighted by molar-refractivity contribution is 0.0706. The molecule has 0 bridgehead atoms. The van der Waals surface area contributed by atoms with E-state index in [9.17, 15) is 0 Å². The van der Waals surface area contributed by atoms with Crippen molar-refractivity contribution in [1.82, 2.24) is 15.0 Å². The van der Waals surface area contributed by atoms with Gasteiger partial charge in [0.15, 0.2) is 0 Å². The maximum atomic E-state index is 5.92. The highest BCUT2D eigenvalue weighted by molar-refractivity contribution is 6.60. The summed E-state index contributed by atoms with van der Waals surface area (Å²) in [6.07, 6.45) is 12.4. The van der Waals surface area contributed by atoms with Crippen molar-refractivity contribution in [3.63, 3.8) is 0 Å². The van der Waals surface area contributed by atoms with Crippen LogP contribution in [0.3, 0.4) is 0 Å². The summed E-state index contributed by atoms with van der Waals surface area (Å²) in [5.41, 5.74) is 11.1. The molecule has 1 aromatic heterocycles. The van der Waals surface area contributed by atoms with Gasteiger partial charge in [0.1, 0.15) is 0 Å². The van der Waals surface area contributed by atoms with Gasteiger partial charge in [0, 0.05) is 32.4 Å². The summed E-state index contributed by atoms with van der Waals surface area (Å²) >= 11 is 0. The molecule has 0 radical (unpaired) electrons. The van der Waals surface area contributed by atoms with Crippen LogP contribution in [0.15, 0.2) is 0 Å². The van der Waals surface area contributed by atoms with E-state index in [2.05, 4.69) is 20.3 Å². The molecule has 0 atom stereocenters. The van der Waals surface area contributed by atoms with Gasteiger partial charge < -0.3 is 30.1 Å².